The molecule has 0 spiro atoms. The lowest BCUT2D eigenvalue weighted by molar-refractivity contribution is 0.0522. The zero-order valence-corrected chi connectivity index (χ0v) is 14.2. The molecular formula is C19H14F2N2O4. The van der Waals surface area contributed by atoms with Crippen molar-refractivity contribution in [1.82, 2.24) is 9.13 Å². The summed E-state index contributed by atoms with van der Waals surface area (Å²) in [7, 11) is 0. The maximum absolute atomic E-state index is 13.2. The van der Waals surface area contributed by atoms with Crippen LogP contribution in [0.3, 0.4) is 0 Å². The fourth-order valence-electron chi connectivity index (χ4n) is 2.51. The molecule has 27 heavy (non-hydrogen) atoms. The van der Waals surface area contributed by atoms with E-state index in [2.05, 4.69) is 0 Å². The third kappa shape index (κ3) is 3.55. The quantitative estimate of drug-likeness (QED) is 0.660. The van der Waals surface area contributed by atoms with Crippen LogP contribution in [0, 0.1) is 11.6 Å². The molecule has 0 amide bonds. The number of aromatic nitrogens is 2. The normalized spacial score (nSPS) is 10.6. The molecule has 0 aliphatic rings. The number of rotatable bonds is 4. The van der Waals surface area contributed by atoms with Crippen molar-refractivity contribution in [1.29, 1.82) is 0 Å². The molecule has 1 aromatic heterocycles. The van der Waals surface area contributed by atoms with Crippen molar-refractivity contribution in [2.24, 2.45) is 0 Å². The molecule has 0 atom stereocenters. The van der Waals surface area contributed by atoms with Crippen molar-refractivity contribution in [3.8, 4) is 11.4 Å². The van der Waals surface area contributed by atoms with Crippen LogP contribution in [0.15, 0.2) is 64.3 Å². The van der Waals surface area contributed by atoms with Gasteiger partial charge in [0.25, 0.3) is 5.56 Å². The Morgan fingerprint density at radius 1 is 0.926 bits per heavy atom. The highest BCUT2D eigenvalue weighted by atomic mass is 19.1. The van der Waals surface area contributed by atoms with E-state index in [-0.39, 0.29) is 23.5 Å². The Hall–Kier alpha value is -3.55. The molecule has 0 aliphatic carbocycles. The number of nitrogens with zero attached hydrogens (tertiary/aromatic N) is 2. The first-order valence-electron chi connectivity index (χ1n) is 8.00. The van der Waals surface area contributed by atoms with Gasteiger partial charge in [0.2, 0.25) is 0 Å². The fraction of sp³-hybridized carbons (Fsp3) is 0.105. The van der Waals surface area contributed by atoms with Crippen LogP contribution in [-0.2, 0) is 4.74 Å². The minimum Gasteiger partial charge on any atom is -0.462 e. The molecule has 0 saturated heterocycles. The zero-order chi connectivity index (χ0) is 19.6. The number of benzene rings is 2. The number of ether oxygens (including phenoxy) is 1. The van der Waals surface area contributed by atoms with Crippen molar-refractivity contribution >= 4 is 5.97 Å². The SMILES string of the molecule is CCOC(=O)c1cn(-c2ccc(F)cc2)c(=O)n(-c2ccc(F)cc2)c1=O. The van der Waals surface area contributed by atoms with E-state index in [9.17, 15) is 23.2 Å². The van der Waals surface area contributed by atoms with Crippen LogP contribution in [0.4, 0.5) is 8.78 Å². The Morgan fingerprint density at radius 3 is 1.96 bits per heavy atom. The molecule has 0 bridgehead atoms. The van der Waals surface area contributed by atoms with Gasteiger partial charge in [-0.2, -0.15) is 0 Å². The van der Waals surface area contributed by atoms with Crippen LogP contribution in [-0.4, -0.2) is 21.7 Å². The van der Waals surface area contributed by atoms with Crippen molar-refractivity contribution in [3.05, 3.63) is 92.8 Å². The maximum Gasteiger partial charge on any atom is 0.345 e. The number of halogens is 2. The topological polar surface area (TPSA) is 70.3 Å². The van der Waals surface area contributed by atoms with Crippen molar-refractivity contribution in [2.75, 3.05) is 6.61 Å². The van der Waals surface area contributed by atoms with Crippen molar-refractivity contribution < 1.29 is 18.3 Å². The minimum absolute atomic E-state index is 0.0322. The van der Waals surface area contributed by atoms with E-state index in [1.807, 2.05) is 0 Å². The van der Waals surface area contributed by atoms with Crippen LogP contribution in [0.2, 0.25) is 0 Å². The van der Waals surface area contributed by atoms with Crippen LogP contribution < -0.4 is 11.2 Å². The molecule has 0 unspecified atom stereocenters. The Kier molecular flexibility index (Phi) is 4.98. The lowest BCUT2D eigenvalue weighted by Gasteiger charge is -2.13. The van der Waals surface area contributed by atoms with Gasteiger partial charge in [0.15, 0.2) is 0 Å². The summed E-state index contributed by atoms with van der Waals surface area (Å²) in [6.45, 7) is 1.61. The van der Waals surface area contributed by atoms with Gasteiger partial charge in [-0.25, -0.2) is 22.9 Å². The number of hydrogen-bond acceptors (Lipinski definition) is 4. The number of carbonyl (C=O) groups is 1. The van der Waals surface area contributed by atoms with E-state index in [0.29, 0.717) is 0 Å². The summed E-state index contributed by atoms with van der Waals surface area (Å²) < 4.78 is 33.1. The smallest absolute Gasteiger partial charge is 0.345 e. The molecule has 2 aromatic carbocycles. The number of hydrogen-bond donors (Lipinski definition) is 0. The van der Waals surface area contributed by atoms with E-state index in [1.54, 1.807) is 6.92 Å². The first kappa shape index (κ1) is 18.2. The first-order valence-corrected chi connectivity index (χ1v) is 8.00. The molecule has 0 aliphatic heterocycles. The molecule has 3 aromatic rings. The highest BCUT2D eigenvalue weighted by Gasteiger charge is 2.20. The second-order valence-corrected chi connectivity index (χ2v) is 5.51. The number of carbonyl (C=O) groups excluding carboxylic acids is 1. The van der Waals surface area contributed by atoms with Gasteiger partial charge >= 0.3 is 11.7 Å². The summed E-state index contributed by atoms with van der Waals surface area (Å²) in [6.07, 6.45) is 1.05. The third-order valence-electron chi connectivity index (χ3n) is 3.77. The molecule has 138 valence electrons. The molecule has 0 N–H and O–H groups in total. The summed E-state index contributed by atoms with van der Waals surface area (Å²) in [5.74, 6) is -1.97. The predicted octanol–water partition coefficient (Wildman–Crippen LogP) is 2.44. The number of esters is 1. The van der Waals surface area contributed by atoms with Gasteiger partial charge in [0.05, 0.1) is 18.0 Å². The van der Waals surface area contributed by atoms with Crippen molar-refractivity contribution in [3.63, 3.8) is 0 Å². The monoisotopic (exact) mass is 372 g/mol. The first-order chi connectivity index (χ1) is 12.9. The molecule has 0 fully saturated rings. The Morgan fingerprint density at radius 2 is 1.44 bits per heavy atom. The second kappa shape index (κ2) is 7.36. The Balaban J connectivity index is 2.33. The van der Waals surface area contributed by atoms with E-state index in [4.69, 9.17) is 4.74 Å². The lowest BCUT2D eigenvalue weighted by Crippen LogP contribution is -2.41. The minimum atomic E-state index is -0.908. The highest BCUT2D eigenvalue weighted by molar-refractivity contribution is 5.88. The average Bonchev–Trinajstić information content (AvgIpc) is 2.64. The molecule has 1 heterocycles. The molecule has 0 radical (unpaired) electrons. The van der Waals surface area contributed by atoms with Crippen LogP contribution in [0.1, 0.15) is 17.3 Å². The largest absolute Gasteiger partial charge is 0.462 e. The molecular weight excluding hydrogens is 358 g/mol. The summed E-state index contributed by atoms with van der Waals surface area (Å²) >= 11 is 0. The van der Waals surface area contributed by atoms with E-state index in [0.717, 1.165) is 39.6 Å². The summed E-state index contributed by atoms with van der Waals surface area (Å²) in [5, 5.41) is 0. The van der Waals surface area contributed by atoms with Gasteiger partial charge in [-0.15, -0.1) is 0 Å². The standard InChI is InChI=1S/C19H14F2N2O4/c1-2-27-18(25)16-11-22(14-7-3-12(20)4-8-14)19(26)23(17(16)24)15-9-5-13(21)6-10-15/h3-11H,2H2,1H3. The second-order valence-electron chi connectivity index (χ2n) is 5.51. The van der Waals surface area contributed by atoms with Crippen LogP contribution in [0.25, 0.3) is 11.4 Å². The van der Waals surface area contributed by atoms with Gasteiger partial charge in [-0.1, -0.05) is 0 Å². The molecule has 6 nitrogen and oxygen atoms in total. The van der Waals surface area contributed by atoms with Crippen LogP contribution >= 0.6 is 0 Å². The Bertz CT molecular complexity index is 1100. The van der Waals surface area contributed by atoms with Gasteiger partial charge in [-0.05, 0) is 55.5 Å². The summed E-state index contributed by atoms with van der Waals surface area (Å²) in [5.41, 5.74) is -1.77. The lowest BCUT2D eigenvalue weighted by atomic mass is 10.2. The van der Waals surface area contributed by atoms with Gasteiger partial charge < -0.3 is 4.74 Å². The predicted molar refractivity (Wildman–Crippen MR) is 93.5 cm³/mol. The van der Waals surface area contributed by atoms with Gasteiger partial charge in [0, 0.05) is 6.20 Å². The average molecular weight is 372 g/mol. The highest BCUT2D eigenvalue weighted by Crippen LogP contribution is 2.10. The molecule has 8 heteroatoms. The zero-order valence-electron chi connectivity index (χ0n) is 14.2. The van der Waals surface area contributed by atoms with Gasteiger partial charge in [-0.3, -0.25) is 9.36 Å². The Labute approximate surface area is 151 Å². The third-order valence-corrected chi connectivity index (χ3v) is 3.77. The van der Waals surface area contributed by atoms with E-state index in [1.165, 1.54) is 24.3 Å². The molecule has 3 rings (SSSR count). The van der Waals surface area contributed by atoms with Crippen LogP contribution in [0.5, 0.6) is 0 Å². The van der Waals surface area contributed by atoms with E-state index < -0.39 is 28.9 Å². The van der Waals surface area contributed by atoms with Gasteiger partial charge in [0.1, 0.15) is 17.2 Å². The van der Waals surface area contributed by atoms with E-state index >= 15 is 0 Å². The maximum atomic E-state index is 13.2. The fourth-order valence-corrected chi connectivity index (χ4v) is 2.51. The van der Waals surface area contributed by atoms with Crippen molar-refractivity contribution in [2.45, 2.75) is 6.92 Å². The summed E-state index contributed by atoms with van der Waals surface area (Å²) in [6, 6.07) is 9.57. The molecule has 0 saturated carbocycles. The summed E-state index contributed by atoms with van der Waals surface area (Å²) in [4.78, 5) is 37.8.